The summed E-state index contributed by atoms with van der Waals surface area (Å²) in [6.45, 7) is 3.93. The number of benzene rings is 1. The molecule has 1 unspecified atom stereocenters. The summed E-state index contributed by atoms with van der Waals surface area (Å²) < 4.78 is 18.9. The lowest BCUT2D eigenvalue weighted by Gasteiger charge is -2.15. The number of aromatic nitrogens is 2. The number of carbonyl (C=O) groups excluding carboxylic acids is 1. The van der Waals surface area contributed by atoms with E-state index in [1.807, 2.05) is 11.8 Å². The maximum absolute atomic E-state index is 13.2. The lowest BCUT2D eigenvalue weighted by molar-refractivity contribution is -0.129. The standard InChI is InChI=1S/C18H20FN3O2/c1-2-18(23)22-9-8-13(11-22)12-24-17-7-6-16(20-21-17)14-4-3-5-15(19)10-14/h3-7,10,13H,2,8-9,11-12H2,1H3. The molecule has 1 aliphatic heterocycles. The van der Waals surface area contributed by atoms with E-state index < -0.39 is 0 Å². The lowest BCUT2D eigenvalue weighted by Crippen LogP contribution is -2.28. The molecule has 1 aromatic heterocycles. The maximum Gasteiger partial charge on any atom is 0.233 e. The predicted molar refractivity (Wildman–Crippen MR) is 87.9 cm³/mol. The third-order valence-electron chi connectivity index (χ3n) is 4.17. The van der Waals surface area contributed by atoms with Gasteiger partial charge < -0.3 is 9.64 Å². The van der Waals surface area contributed by atoms with E-state index in [0.29, 0.717) is 36.1 Å². The van der Waals surface area contributed by atoms with Gasteiger partial charge in [0, 0.05) is 37.1 Å². The van der Waals surface area contributed by atoms with Gasteiger partial charge in [0.05, 0.1) is 12.3 Å². The van der Waals surface area contributed by atoms with Crippen molar-refractivity contribution >= 4 is 5.91 Å². The average molecular weight is 329 g/mol. The number of hydrogen-bond donors (Lipinski definition) is 0. The fraction of sp³-hybridized carbons (Fsp3) is 0.389. The summed E-state index contributed by atoms with van der Waals surface area (Å²) in [5.74, 6) is 0.652. The van der Waals surface area contributed by atoms with E-state index in [1.54, 1.807) is 24.3 Å². The quantitative estimate of drug-likeness (QED) is 0.846. The number of carbonyl (C=O) groups is 1. The Kier molecular flexibility index (Phi) is 5.03. The Morgan fingerprint density at radius 1 is 1.33 bits per heavy atom. The molecule has 0 saturated carbocycles. The number of nitrogens with zero attached hydrogens (tertiary/aromatic N) is 3. The molecule has 3 rings (SSSR count). The van der Waals surface area contributed by atoms with Crippen LogP contribution >= 0.6 is 0 Å². The Morgan fingerprint density at radius 3 is 2.92 bits per heavy atom. The van der Waals surface area contributed by atoms with E-state index in [-0.39, 0.29) is 11.7 Å². The Labute approximate surface area is 140 Å². The topological polar surface area (TPSA) is 55.3 Å². The lowest BCUT2D eigenvalue weighted by atomic mass is 10.1. The summed E-state index contributed by atoms with van der Waals surface area (Å²) in [5.41, 5.74) is 1.28. The second-order valence-corrected chi connectivity index (χ2v) is 5.93. The molecule has 24 heavy (non-hydrogen) atoms. The highest BCUT2D eigenvalue weighted by atomic mass is 19.1. The summed E-state index contributed by atoms with van der Waals surface area (Å²) >= 11 is 0. The number of hydrogen-bond acceptors (Lipinski definition) is 4. The van der Waals surface area contributed by atoms with E-state index in [9.17, 15) is 9.18 Å². The summed E-state index contributed by atoms with van der Waals surface area (Å²) in [4.78, 5) is 13.5. The zero-order valence-electron chi connectivity index (χ0n) is 13.6. The van der Waals surface area contributed by atoms with Gasteiger partial charge in [-0.3, -0.25) is 4.79 Å². The van der Waals surface area contributed by atoms with Gasteiger partial charge in [0.2, 0.25) is 11.8 Å². The minimum Gasteiger partial charge on any atom is -0.476 e. The first kappa shape index (κ1) is 16.4. The van der Waals surface area contributed by atoms with E-state index in [4.69, 9.17) is 4.74 Å². The molecule has 1 aliphatic rings. The minimum absolute atomic E-state index is 0.191. The molecular weight excluding hydrogens is 309 g/mol. The van der Waals surface area contributed by atoms with Crippen LogP contribution in [0.15, 0.2) is 36.4 Å². The summed E-state index contributed by atoms with van der Waals surface area (Å²) in [7, 11) is 0. The molecule has 6 heteroatoms. The van der Waals surface area contributed by atoms with Crippen LogP contribution in [0.25, 0.3) is 11.3 Å². The first-order valence-corrected chi connectivity index (χ1v) is 8.16. The van der Waals surface area contributed by atoms with Crippen molar-refractivity contribution in [2.75, 3.05) is 19.7 Å². The van der Waals surface area contributed by atoms with Crippen molar-refractivity contribution in [3.05, 3.63) is 42.2 Å². The van der Waals surface area contributed by atoms with Crippen molar-refractivity contribution < 1.29 is 13.9 Å². The number of rotatable bonds is 5. The number of halogens is 1. The highest BCUT2D eigenvalue weighted by Crippen LogP contribution is 2.21. The predicted octanol–water partition coefficient (Wildman–Crippen LogP) is 2.92. The molecule has 0 aliphatic carbocycles. The SMILES string of the molecule is CCC(=O)N1CCC(COc2ccc(-c3cccc(F)c3)nn2)C1. The molecule has 1 aromatic carbocycles. The molecule has 126 valence electrons. The van der Waals surface area contributed by atoms with Crippen molar-refractivity contribution in [3.8, 4) is 17.1 Å². The summed E-state index contributed by atoms with van der Waals surface area (Å²) in [6.07, 6.45) is 1.49. The number of amides is 1. The zero-order valence-corrected chi connectivity index (χ0v) is 13.6. The second kappa shape index (κ2) is 7.38. The van der Waals surface area contributed by atoms with E-state index in [1.165, 1.54) is 12.1 Å². The largest absolute Gasteiger partial charge is 0.476 e. The average Bonchev–Trinajstić information content (AvgIpc) is 3.09. The fourth-order valence-electron chi connectivity index (χ4n) is 2.82. The van der Waals surface area contributed by atoms with Gasteiger partial charge in [-0.05, 0) is 24.6 Å². The molecule has 0 bridgehead atoms. The van der Waals surface area contributed by atoms with Crippen molar-refractivity contribution in [1.29, 1.82) is 0 Å². The van der Waals surface area contributed by atoms with Gasteiger partial charge in [0.25, 0.3) is 0 Å². The molecule has 0 N–H and O–H groups in total. The Balaban J connectivity index is 1.55. The normalized spacial score (nSPS) is 17.1. The van der Waals surface area contributed by atoms with Crippen LogP contribution in [-0.4, -0.2) is 40.7 Å². The van der Waals surface area contributed by atoms with Gasteiger partial charge in [0.1, 0.15) is 5.82 Å². The van der Waals surface area contributed by atoms with Gasteiger partial charge in [-0.15, -0.1) is 10.2 Å². The highest BCUT2D eigenvalue weighted by molar-refractivity contribution is 5.76. The van der Waals surface area contributed by atoms with Crippen molar-refractivity contribution in [1.82, 2.24) is 15.1 Å². The molecule has 2 aromatic rings. The summed E-state index contributed by atoms with van der Waals surface area (Å²) in [5, 5.41) is 8.13. The van der Waals surface area contributed by atoms with Gasteiger partial charge in [-0.2, -0.15) is 0 Å². The van der Waals surface area contributed by atoms with E-state index in [2.05, 4.69) is 10.2 Å². The Bertz CT molecular complexity index is 706. The molecule has 0 radical (unpaired) electrons. The second-order valence-electron chi connectivity index (χ2n) is 5.93. The van der Waals surface area contributed by atoms with Crippen LogP contribution in [0.4, 0.5) is 4.39 Å². The number of likely N-dealkylation sites (tertiary alicyclic amines) is 1. The third kappa shape index (κ3) is 3.88. The first-order chi connectivity index (χ1) is 11.7. The minimum atomic E-state index is -0.304. The zero-order chi connectivity index (χ0) is 16.9. The molecule has 1 fully saturated rings. The monoisotopic (exact) mass is 329 g/mol. The van der Waals surface area contributed by atoms with E-state index >= 15 is 0 Å². The first-order valence-electron chi connectivity index (χ1n) is 8.16. The Hall–Kier alpha value is -2.50. The van der Waals surface area contributed by atoms with Crippen LogP contribution in [0.3, 0.4) is 0 Å². The number of ether oxygens (including phenoxy) is 1. The molecule has 1 atom stereocenters. The van der Waals surface area contributed by atoms with Crippen LogP contribution in [-0.2, 0) is 4.79 Å². The summed E-state index contributed by atoms with van der Waals surface area (Å²) in [6, 6.07) is 9.73. The van der Waals surface area contributed by atoms with Crippen LogP contribution in [0.1, 0.15) is 19.8 Å². The van der Waals surface area contributed by atoms with Crippen molar-refractivity contribution in [3.63, 3.8) is 0 Å². The van der Waals surface area contributed by atoms with Crippen molar-refractivity contribution in [2.24, 2.45) is 5.92 Å². The smallest absolute Gasteiger partial charge is 0.233 e. The van der Waals surface area contributed by atoms with Gasteiger partial charge in [-0.1, -0.05) is 19.1 Å². The maximum atomic E-state index is 13.2. The molecule has 1 amide bonds. The molecule has 5 nitrogen and oxygen atoms in total. The van der Waals surface area contributed by atoms with Gasteiger partial charge >= 0.3 is 0 Å². The van der Waals surface area contributed by atoms with Crippen LogP contribution in [0.2, 0.25) is 0 Å². The molecule has 1 saturated heterocycles. The van der Waals surface area contributed by atoms with Crippen LogP contribution in [0.5, 0.6) is 5.88 Å². The third-order valence-corrected chi connectivity index (χ3v) is 4.17. The van der Waals surface area contributed by atoms with Gasteiger partial charge in [0.15, 0.2) is 0 Å². The van der Waals surface area contributed by atoms with Crippen LogP contribution < -0.4 is 4.74 Å². The van der Waals surface area contributed by atoms with Gasteiger partial charge in [-0.25, -0.2) is 4.39 Å². The van der Waals surface area contributed by atoms with E-state index in [0.717, 1.165) is 19.5 Å². The highest BCUT2D eigenvalue weighted by Gasteiger charge is 2.25. The fourth-order valence-corrected chi connectivity index (χ4v) is 2.82. The Morgan fingerprint density at radius 2 is 2.21 bits per heavy atom. The van der Waals surface area contributed by atoms with Crippen molar-refractivity contribution in [2.45, 2.75) is 19.8 Å². The molecular formula is C18H20FN3O2. The van der Waals surface area contributed by atoms with Crippen LogP contribution in [0, 0.1) is 11.7 Å². The molecule has 0 spiro atoms. The molecule has 2 heterocycles.